The summed E-state index contributed by atoms with van der Waals surface area (Å²) in [7, 11) is 1.56. The molecular weight excluding hydrogens is 356 g/mol. The van der Waals surface area contributed by atoms with Gasteiger partial charge in [0.2, 0.25) is 11.8 Å². The maximum atomic E-state index is 12.9. The number of piperidine rings is 1. The summed E-state index contributed by atoms with van der Waals surface area (Å²) < 4.78 is 10.4. The van der Waals surface area contributed by atoms with Crippen molar-refractivity contribution in [1.29, 1.82) is 0 Å². The first kappa shape index (κ1) is 19.4. The highest BCUT2D eigenvalue weighted by Gasteiger charge is 2.46. The van der Waals surface area contributed by atoms with E-state index in [0.29, 0.717) is 32.7 Å². The quantitative estimate of drug-likeness (QED) is 0.793. The molecule has 1 atom stereocenters. The second kappa shape index (κ2) is 8.21. The third-order valence-corrected chi connectivity index (χ3v) is 6.73. The predicted octanol–water partition coefficient (Wildman–Crippen LogP) is 1.93. The Balaban J connectivity index is 1.47. The third-order valence-electron chi connectivity index (χ3n) is 6.73. The number of fused-ring (bicyclic) bond motifs is 2. The molecule has 0 radical (unpaired) electrons. The van der Waals surface area contributed by atoms with E-state index in [1.165, 1.54) is 11.1 Å². The maximum absolute atomic E-state index is 12.9. The number of hydrogen-bond donors (Lipinski definition) is 0. The summed E-state index contributed by atoms with van der Waals surface area (Å²) in [5.74, 6) is 0.586. The Labute approximate surface area is 166 Å². The molecule has 2 fully saturated rings. The monoisotopic (exact) mass is 386 g/mol. The summed E-state index contributed by atoms with van der Waals surface area (Å²) >= 11 is 0. The van der Waals surface area contributed by atoms with Gasteiger partial charge in [0.25, 0.3) is 0 Å². The van der Waals surface area contributed by atoms with Crippen LogP contribution in [0, 0.1) is 0 Å². The second-order valence-corrected chi connectivity index (χ2v) is 8.28. The smallest absolute Gasteiger partial charge is 0.248 e. The predicted molar refractivity (Wildman–Crippen MR) is 105 cm³/mol. The molecule has 1 unspecified atom stereocenters. The Kier molecular flexibility index (Phi) is 5.69. The molecule has 0 N–H and O–H groups in total. The normalized spacial score (nSPS) is 23.7. The highest BCUT2D eigenvalue weighted by atomic mass is 16.5. The largest absolute Gasteiger partial charge is 0.378 e. The fourth-order valence-electron chi connectivity index (χ4n) is 5.23. The van der Waals surface area contributed by atoms with Crippen molar-refractivity contribution in [3.05, 3.63) is 35.4 Å². The number of hydrogen-bond acceptors (Lipinski definition) is 4. The maximum Gasteiger partial charge on any atom is 0.248 e. The van der Waals surface area contributed by atoms with Crippen LogP contribution in [0.15, 0.2) is 24.3 Å². The van der Waals surface area contributed by atoms with Gasteiger partial charge in [0.05, 0.1) is 13.2 Å². The Bertz CT molecular complexity index is 721. The lowest BCUT2D eigenvalue weighted by molar-refractivity contribution is -0.136. The molecule has 1 spiro atoms. The van der Waals surface area contributed by atoms with Crippen LogP contribution in [0.2, 0.25) is 0 Å². The van der Waals surface area contributed by atoms with Gasteiger partial charge in [-0.1, -0.05) is 24.3 Å². The molecule has 2 heterocycles. The molecule has 2 amide bonds. The summed E-state index contributed by atoms with van der Waals surface area (Å²) in [6.07, 6.45) is 3.50. The number of methoxy groups -OCH3 is 1. The zero-order valence-electron chi connectivity index (χ0n) is 16.7. The Morgan fingerprint density at radius 2 is 1.75 bits per heavy atom. The summed E-state index contributed by atoms with van der Waals surface area (Å²) in [6.45, 7) is 4.37. The zero-order chi connectivity index (χ0) is 19.6. The topological polar surface area (TPSA) is 59.1 Å². The van der Waals surface area contributed by atoms with E-state index >= 15 is 0 Å². The highest BCUT2D eigenvalue weighted by Crippen LogP contribution is 2.52. The van der Waals surface area contributed by atoms with Crippen LogP contribution >= 0.6 is 0 Å². The molecular formula is C22H30N2O4. The molecule has 0 aromatic heterocycles. The molecule has 1 aromatic carbocycles. The van der Waals surface area contributed by atoms with Gasteiger partial charge in [-0.25, -0.2) is 0 Å². The van der Waals surface area contributed by atoms with Gasteiger partial charge >= 0.3 is 0 Å². The van der Waals surface area contributed by atoms with Gasteiger partial charge in [-0.05, 0) is 41.7 Å². The van der Waals surface area contributed by atoms with Crippen molar-refractivity contribution in [1.82, 2.24) is 9.80 Å². The molecule has 1 aromatic rings. The van der Waals surface area contributed by atoms with Crippen LogP contribution in [-0.2, 0) is 24.5 Å². The Hall–Kier alpha value is -1.92. The molecule has 152 valence electrons. The first-order valence-corrected chi connectivity index (χ1v) is 10.3. The average molecular weight is 386 g/mol. The zero-order valence-corrected chi connectivity index (χ0v) is 16.7. The van der Waals surface area contributed by atoms with Gasteiger partial charge in [-0.15, -0.1) is 0 Å². The van der Waals surface area contributed by atoms with Gasteiger partial charge < -0.3 is 19.3 Å². The Morgan fingerprint density at radius 3 is 2.46 bits per heavy atom. The fourth-order valence-corrected chi connectivity index (χ4v) is 5.23. The number of carbonyl (C=O) groups is 2. The fraction of sp³-hybridized carbons (Fsp3) is 0.636. The summed E-state index contributed by atoms with van der Waals surface area (Å²) in [5.41, 5.74) is 2.82. The van der Waals surface area contributed by atoms with Crippen LogP contribution in [0.1, 0.15) is 42.7 Å². The van der Waals surface area contributed by atoms with Crippen LogP contribution in [0.5, 0.6) is 0 Å². The SMILES string of the molecule is COCC(=O)N1CCC2(CC1)CC(CC(=O)N1CCOCC1)c1ccccc12. The van der Waals surface area contributed by atoms with E-state index in [0.717, 1.165) is 32.4 Å². The number of likely N-dealkylation sites (tertiary alicyclic amines) is 1. The lowest BCUT2D eigenvalue weighted by atomic mass is 9.73. The molecule has 3 aliphatic rings. The van der Waals surface area contributed by atoms with E-state index in [1.54, 1.807) is 7.11 Å². The molecule has 6 heteroatoms. The van der Waals surface area contributed by atoms with Gasteiger partial charge in [-0.2, -0.15) is 0 Å². The standard InChI is InChI=1S/C22H30N2O4/c1-27-16-21(26)23-8-6-22(7-9-23)15-17(18-4-2-3-5-19(18)22)14-20(25)24-10-12-28-13-11-24/h2-5,17H,6-16H2,1H3. The van der Waals surface area contributed by atoms with Crippen molar-refractivity contribution >= 4 is 11.8 Å². The van der Waals surface area contributed by atoms with Gasteiger partial charge in [0.15, 0.2) is 0 Å². The first-order chi connectivity index (χ1) is 13.6. The minimum absolute atomic E-state index is 0.0719. The second-order valence-electron chi connectivity index (χ2n) is 8.28. The molecule has 4 rings (SSSR count). The van der Waals surface area contributed by atoms with Crippen molar-refractivity contribution in [2.45, 2.75) is 37.0 Å². The van der Waals surface area contributed by atoms with Crippen LogP contribution in [0.3, 0.4) is 0 Å². The van der Waals surface area contributed by atoms with Crippen LogP contribution in [0.25, 0.3) is 0 Å². The minimum Gasteiger partial charge on any atom is -0.378 e. The van der Waals surface area contributed by atoms with Crippen molar-refractivity contribution in [3.8, 4) is 0 Å². The Morgan fingerprint density at radius 1 is 1.07 bits per heavy atom. The van der Waals surface area contributed by atoms with Crippen LogP contribution < -0.4 is 0 Å². The van der Waals surface area contributed by atoms with E-state index in [9.17, 15) is 9.59 Å². The van der Waals surface area contributed by atoms with E-state index < -0.39 is 0 Å². The molecule has 28 heavy (non-hydrogen) atoms. The van der Waals surface area contributed by atoms with Crippen molar-refractivity contribution in [3.63, 3.8) is 0 Å². The average Bonchev–Trinajstić information content (AvgIpc) is 3.02. The minimum atomic E-state index is 0.0719. The number of morpholine rings is 1. The van der Waals surface area contributed by atoms with Crippen molar-refractivity contribution in [2.75, 3.05) is 53.1 Å². The van der Waals surface area contributed by atoms with Gasteiger partial charge in [0.1, 0.15) is 6.61 Å². The number of carbonyl (C=O) groups excluding carboxylic acids is 2. The number of nitrogens with zero attached hydrogens (tertiary/aromatic N) is 2. The lowest BCUT2D eigenvalue weighted by Gasteiger charge is -2.40. The molecule has 2 aliphatic heterocycles. The molecule has 0 bridgehead atoms. The van der Waals surface area contributed by atoms with E-state index in [4.69, 9.17) is 9.47 Å². The highest BCUT2D eigenvalue weighted by molar-refractivity contribution is 5.78. The number of ether oxygens (including phenoxy) is 2. The lowest BCUT2D eigenvalue weighted by Crippen LogP contribution is -2.45. The first-order valence-electron chi connectivity index (χ1n) is 10.3. The molecule has 6 nitrogen and oxygen atoms in total. The number of benzene rings is 1. The summed E-state index contributed by atoms with van der Waals surface area (Å²) in [6, 6.07) is 8.63. The summed E-state index contributed by atoms with van der Waals surface area (Å²) in [4.78, 5) is 28.9. The molecule has 1 aliphatic carbocycles. The number of rotatable bonds is 4. The van der Waals surface area contributed by atoms with Crippen LogP contribution in [0.4, 0.5) is 0 Å². The number of amides is 2. The van der Waals surface area contributed by atoms with E-state index in [-0.39, 0.29) is 29.8 Å². The van der Waals surface area contributed by atoms with E-state index in [2.05, 4.69) is 24.3 Å². The van der Waals surface area contributed by atoms with Crippen molar-refractivity contribution < 1.29 is 19.1 Å². The van der Waals surface area contributed by atoms with E-state index in [1.807, 2.05) is 9.80 Å². The van der Waals surface area contributed by atoms with Crippen LogP contribution in [-0.4, -0.2) is 74.7 Å². The summed E-state index contributed by atoms with van der Waals surface area (Å²) in [5, 5.41) is 0. The van der Waals surface area contributed by atoms with Gasteiger partial charge in [-0.3, -0.25) is 9.59 Å². The van der Waals surface area contributed by atoms with Crippen molar-refractivity contribution in [2.24, 2.45) is 0 Å². The molecule has 0 saturated carbocycles. The molecule has 2 saturated heterocycles. The van der Waals surface area contributed by atoms with Gasteiger partial charge in [0, 0.05) is 39.7 Å². The third kappa shape index (κ3) is 3.67.